The van der Waals surface area contributed by atoms with E-state index < -0.39 is 6.10 Å². The molecule has 1 atom stereocenters. The second-order valence-corrected chi connectivity index (χ2v) is 3.76. The van der Waals surface area contributed by atoms with Gasteiger partial charge in [0.05, 0.1) is 33.0 Å². The fourth-order valence-corrected chi connectivity index (χ4v) is 1.49. The Balaban J connectivity index is 2.60. The van der Waals surface area contributed by atoms with E-state index in [1.54, 1.807) is 32.2 Å². The molecule has 5 nitrogen and oxygen atoms in total. The molecule has 0 fully saturated rings. The van der Waals surface area contributed by atoms with Gasteiger partial charge in [0.15, 0.2) is 0 Å². The first-order valence-corrected chi connectivity index (χ1v) is 5.86. The molecule has 1 aromatic rings. The van der Waals surface area contributed by atoms with Crippen molar-refractivity contribution in [3.05, 3.63) is 23.8 Å². The highest BCUT2D eigenvalue weighted by molar-refractivity contribution is 5.41. The molecule has 0 amide bonds. The summed E-state index contributed by atoms with van der Waals surface area (Å²) in [7, 11) is 1.57. The van der Waals surface area contributed by atoms with Gasteiger partial charge in [0, 0.05) is 11.6 Å². The first-order valence-electron chi connectivity index (χ1n) is 5.86. The van der Waals surface area contributed by atoms with Crippen LogP contribution in [-0.2, 0) is 4.74 Å². The second kappa shape index (κ2) is 7.92. The molecule has 0 aliphatic carbocycles. The Morgan fingerprint density at radius 1 is 1.22 bits per heavy atom. The van der Waals surface area contributed by atoms with Crippen LogP contribution in [0.3, 0.4) is 0 Å². The van der Waals surface area contributed by atoms with Crippen molar-refractivity contribution < 1.29 is 24.4 Å². The van der Waals surface area contributed by atoms with Crippen molar-refractivity contribution in [2.45, 2.75) is 13.0 Å². The average Bonchev–Trinajstić information content (AvgIpc) is 2.38. The van der Waals surface area contributed by atoms with E-state index in [0.717, 1.165) is 0 Å². The Hall–Kier alpha value is -1.30. The normalized spacial score (nSPS) is 12.2. The van der Waals surface area contributed by atoms with E-state index in [4.69, 9.17) is 19.3 Å². The van der Waals surface area contributed by atoms with E-state index in [-0.39, 0.29) is 6.61 Å². The van der Waals surface area contributed by atoms with E-state index in [1.165, 1.54) is 0 Å². The smallest absolute Gasteiger partial charge is 0.128 e. The monoisotopic (exact) mass is 256 g/mol. The fourth-order valence-electron chi connectivity index (χ4n) is 1.49. The maximum atomic E-state index is 9.62. The minimum atomic E-state index is -0.607. The number of ether oxygens (including phenoxy) is 3. The predicted octanol–water partition coefficient (Wildman–Crippen LogP) is 1.14. The lowest BCUT2D eigenvalue weighted by molar-refractivity contribution is 0.0695. The van der Waals surface area contributed by atoms with Crippen molar-refractivity contribution in [1.82, 2.24) is 0 Å². The van der Waals surface area contributed by atoms with Crippen LogP contribution in [0.5, 0.6) is 11.5 Å². The van der Waals surface area contributed by atoms with Crippen LogP contribution in [0.25, 0.3) is 0 Å². The maximum Gasteiger partial charge on any atom is 0.128 e. The summed E-state index contributed by atoms with van der Waals surface area (Å²) in [6.07, 6.45) is -0.607. The Kier molecular flexibility index (Phi) is 6.49. The van der Waals surface area contributed by atoms with Crippen LogP contribution in [0.15, 0.2) is 18.2 Å². The Bertz CT molecular complexity index is 351. The van der Waals surface area contributed by atoms with Gasteiger partial charge in [-0.25, -0.2) is 0 Å². The second-order valence-electron chi connectivity index (χ2n) is 3.76. The SMILES string of the molecule is COc1ccc([C@H](C)O)c(OCCOCCO)c1. The minimum Gasteiger partial charge on any atom is -0.497 e. The van der Waals surface area contributed by atoms with Gasteiger partial charge in [0.2, 0.25) is 0 Å². The van der Waals surface area contributed by atoms with Crippen LogP contribution in [0.1, 0.15) is 18.6 Å². The lowest BCUT2D eigenvalue weighted by Crippen LogP contribution is -2.10. The molecule has 102 valence electrons. The van der Waals surface area contributed by atoms with Crippen LogP contribution in [-0.4, -0.2) is 43.8 Å². The van der Waals surface area contributed by atoms with Gasteiger partial charge in [-0.05, 0) is 19.1 Å². The zero-order valence-corrected chi connectivity index (χ0v) is 10.8. The Labute approximate surface area is 107 Å². The summed E-state index contributed by atoms with van der Waals surface area (Å²) in [5, 5.41) is 18.2. The number of benzene rings is 1. The van der Waals surface area contributed by atoms with E-state index in [2.05, 4.69) is 0 Å². The van der Waals surface area contributed by atoms with Gasteiger partial charge in [-0.1, -0.05) is 0 Å². The molecule has 0 saturated heterocycles. The number of aliphatic hydroxyl groups excluding tert-OH is 2. The van der Waals surface area contributed by atoms with Crippen molar-refractivity contribution in [3.8, 4) is 11.5 Å². The number of aliphatic hydroxyl groups is 2. The molecule has 5 heteroatoms. The number of hydrogen-bond acceptors (Lipinski definition) is 5. The number of rotatable bonds is 8. The summed E-state index contributed by atoms with van der Waals surface area (Å²) < 4.78 is 15.7. The third kappa shape index (κ3) is 4.52. The summed E-state index contributed by atoms with van der Waals surface area (Å²) in [6.45, 7) is 2.71. The lowest BCUT2D eigenvalue weighted by atomic mass is 10.1. The molecule has 0 heterocycles. The fraction of sp³-hybridized carbons (Fsp3) is 0.538. The molecule has 0 unspecified atom stereocenters. The van der Waals surface area contributed by atoms with Crippen molar-refractivity contribution >= 4 is 0 Å². The lowest BCUT2D eigenvalue weighted by Gasteiger charge is -2.14. The number of hydrogen-bond donors (Lipinski definition) is 2. The van der Waals surface area contributed by atoms with Crippen LogP contribution < -0.4 is 9.47 Å². The van der Waals surface area contributed by atoms with Gasteiger partial charge in [0.25, 0.3) is 0 Å². The Morgan fingerprint density at radius 2 is 2.00 bits per heavy atom. The van der Waals surface area contributed by atoms with Crippen LogP contribution in [0.4, 0.5) is 0 Å². The van der Waals surface area contributed by atoms with Crippen LogP contribution >= 0.6 is 0 Å². The average molecular weight is 256 g/mol. The Morgan fingerprint density at radius 3 is 2.61 bits per heavy atom. The van der Waals surface area contributed by atoms with E-state index in [0.29, 0.717) is 36.9 Å². The van der Waals surface area contributed by atoms with Gasteiger partial charge in [-0.2, -0.15) is 0 Å². The molecule has 0 aromatic heterocycles. The largest absolute Gasteiger partial charge is 0.497 e. The standard InChI is InChI=1S/C13H20O5/c1-10(15)12-4-3-11(16-2)9-13(12)18-8-7-17-6-5-14/h3-4,9-10,14-15H,5-8H2,1-2H3/t10-/m0/s1. The van der Waals surface area contributed by atoms with Gasteiger partial charge in [-0.15, -0.1) is 0 Å². The summed E-state index contributed by atoms with van der Waals surface area (Å²) in [6, 6.07) is 5.28. The van der Waals surface area contributed by atoms with Crippen LogP contribution in [0.2, 0.25) is 0 Å². The van der Waals surface area contributed by atoms with Gasteiger partial charge in [0.1, 0.15) is 18.1 Å². The molecule has 0 bridgehead atoms. The molecule has 0 radical (unpaired) electrons. The quantitative estimate of drug-likeness (QED) is 0.683. The predicted molar refractivity (Wildman–Crippen MR) is 67.0 cm³/mol. The third-order valence-electron chi connectivity index (χ3n) is 2.39. The highest BCUT2D eigenvalue weighted by Crippen LogP contribution is 2.29. The van der Waals surface area contributed by atoms with Crippen molar-refractivity contribution in [1.29, 1.82) is 0 Å². The first kappa shape index (κ1) is 14.8. The third-order valence-corrected chi connectivity index (χ3v) is 2.39. The van der Waals surface area contributed by atoms with E-state index in [1.807, 2.05) is 0 Å². The van der Waals surface area contributed by atoms with E-state index in [9.17, 15) is 5.11 Å². The molecule has 1 aromatic carbocycles. The first-order chi connectivity index (χ1) is 8.69. The molecule has 0 aliphatic heterocycles. The zero-order valence-electron chi connectivity index (χ0n) is 10.8. The van der Waals surface area contributed by atoms with Crippen LogP contribution in [0, 0.1) is 0 Å². The summed E-state index contributed by atoms with van der Waals surface area (Å²) >= 11 is 0. The van der Waals surface area contributed by atoms with Crippen molar-refractivity contribution in [3.63, 3.8) is 0 Å². The molecular weight excluding hydrogens is 236 g/mol. The molecule has 0 spiro atoms. The van der Waals surface area contributed by atoms with E-state index >= 15 is 0 Å². The highest BCUT2D eigenvalue weighted by atomic mass is 16.5. The zero-order chi connectivity index (χ0) is 13.4. The summed E-state index contributed by atoms with van der Waals surface area (Å²) in [5.41, 5.74) is 0.706. The van der Waals surface area contributed by atoms with Crippen molar-refractivity contribution in [2.75, 3.05) is 33.5 Å². The van der Waals surface area contributed by atoms with Crippen molar-refractivity contribution in [2.24, 2.45) is 0 Å². The molecule has 18 heavy (non-hydrogen) atoms. The topological polar surface area (TPSA) is 68.2 Å². The number of methoxy groups -OCH3 is 1. The molecule has 1 rings (SSSR count). The summed E-state index contributed by atoms with van der Waals surface area (Å²) in [4.78, 5) is 0. The summed E-state index contributed by atoms with van der Waals surface area (Å²) in [5.74, 6) is 1.25. The van der Waals surface area contributed by atoms with Gasteiger partial charge >= 0.3 is 0 Å². The molecular formula is C13H20O5. The molecule has 0 aliphatic rings. The minimum absolute atomic E-state index is 0.00190. The maximum absolute atomic E-state index is 9.62. The van der Waals surface area contributed by atoms with Gasteiger partial charge in [-0.3, -0.25) is 0 Å². The molecule has 2 N–H and O–H groups in total. The highest BCUT2D eigenvalue weighted by Gasteiger charge is 2.10. The van der Waals surface area contributed by atoms with Gasteiger partial charge < -0.3 is 24.4 Å². The molecule has 0 saturated carbocycles.